The molecular formula is C20H20ClN3O4. The highest BCUT2D eigenvalue weighted by Crippen LogP contribution is 2.20. The number of aromatic nitrogens is 1. The van der Waals surface area contributed by atoms with Gasteiger partial charge in [0.05, 0.1) is 12.1 Å². The molecule has 8 heteroatoms. The first kappa shape index (κ1) is 19.7. The number of hydrogen-bond donors (Lipinski definition) is 1. The molecule has 0 saturated heterocycles. The molecule has 3 aromatic rings. The van der Waals surface area contributed by atoms with Crippen LogP contribution in [0.5, 0.6) is 0 Å². The number of hydrogen-bond acceptors (Lipinski definition) is 4. The van der Waals surface area contributed by atoms with Crippen LogP contribution in [0.3, 0.4) is 0 Å². The summed E-state index contributed by atoms with van der Waals surface area (Å²) in [5.74, 6) is -1.36. The molecule has 0 spiro atoms. The number of likely N-dealkylation sites (N-methyl/N-ethyl adjacent to an activating group) is 1. The van der Waals surface area contributed by atoms with Gasteiger partial charge in [0.15, 0.2) is 5.58 Å². The number of carbonyl (C=O) groups is 2. The molecule has 0 bridgehead atoms. The number of rotatable bonds is 5. The van der Waals surface area contributed by atoms with E-state index in [0.717, 1.165) is 16.8 Å². The molecule has 28 heavy (non-hydrogen) atoms. The first-order chi connectivity index (χ1) is 13.3. The Morgan fingerprint density at radius 1 is 1.18 bits per heavy atom. The summed E-state index contributed by atoms with van der Waals surface area (Å²) in [6.07, 6.45) is 0. The number of nitrogens with zero attached hydrogens (tertiary/aromatic N) is 2. The van der Waals surface area contributed by atoms with Crippen molar-refractivity contribution < 1.29 is 14.0 Å². The molecule has 0 fully saturated rings. The lowest BCUT2D eigenvalue weighted by molar-refractivity contribution is -0.133. The second kappa shape index (κ2) is 7.90. The number of benzene rings is 2. The lowest BCUT2D eigenvalue weighted by atomic mass is 10.1. The van der Waals surface area contributed by atoms with Gasteiger partial charge in [0.1, 0.15) is 6.54 Å². The molecule has 0 aliphatic carbocycles. The van der Waals surface area contributed by atoms with E-state index in [1.165, 1.54) is 22.6 Å². The molecule has 0 aliphatic rings. The molecule has 1 N–H and O–H groups in total. The Bertz CT molecular complexity index is 1100. The summed E-state index contributed by atoms with van der Waals surface area (Å²) < 4.78 is 6.34. The fourth-order valence-electron chi connectivity index (χ4n) is 2.94. The van der Waals surface area contributed by atoms with Crippen molar-refractivity contribution in [1.82, 2.24) is 9.47 Å². The third-order valence-electron chi connectivity index (χ3n) is 4.48. The molecule has 1 aromatic heterocycles. The van der Waals surface area contributed by atoms with Gasteiger partial charge in [-0.2, -0.15) is 0 Å². The highest BCUT2D eigenvalue weighted by Gasteiger charge is 2.18. The van der Waals surface area contributed by atoms with Gasteiger partial charge < -0.3 is 14.6 Å². The SMILES string of the molecule is Cc1cccc(C)c1NC(=O)CN(C)C(=O)Cn1c(=O)oc2cc(Cl)ccc21. The highest BCUT2D eigenvalue weighted by atomic mass is 35.5. The number of oxazole rings is 1. The van der Waals surface area contributed by atoms with E-state index in [9.17, 15) is 14.4 Å². The van der Waals surface area contributed by atoms with Crippen LogP contribution in [0, 0.1) is 13.8 Å². The molecule has 0 atom stereocenters. The minimum Gasteiger partial charge on any atom is -0.408 e. The predicted octanol–water partition coefficient (Wildman–Crippen LogP) is 2.96. The van der Waals surface area contributed by atoms with Crippen molar-refractivity contribution in [1.29, 1.82) is 0 Å². The fraction of sp³-hybridized carbons (Fsp3) is 0.250. The predicted molar refractivity (Wildman–Crippen MR) is 108 cm³/mol. The van der Waals surface area contributed by atoms with Crippen LogP contribution in [0.15, 0.2) is 45.6 Å². The number of halogens is 1. The van der Waals surface area contributed by atoms with E-state index < -0.39 is 11.7 Å². The van der Waals surface area contributed by atoms with Crippen molar-refractivity contribution in [3.63, 3.8) is 0 Å². The van der Waals surface area contributed by atoms with Crippen molar-refractivity contribution in [2.24, 2.45) is 0 Å². The summed E-state index contributed by atoms with van der Waals surface area (Å²) in [4.78, 5) is 38.2. The lowest BCUT2D eigenvalue weighted by Gasteiger charge is -2.18. The van der Waals surface area contributed by atoms with Crippen molar-refractivity contribution in [3.8, 4) is 0 Å². The minimum atomic E-state index is -0.654. The van der Waals surface area contributed by atoms with E-state index in [4.69, 9.17) is 16.0 Å². The number of nitrogens with one attached hydrogen (secondary N) is 1. The van der Waals surface area contributed by atoms with Gasteiger partial charge >= 0.3 is 5.76 Å². The van der Waals surface area contributed by atoms with Crippen molar-refractivity contribution in [2.45, 2.75) is 20.4 Å². The smallest absolute Gasteiger partial charge is 0.408 e. The largest absolute Gasteiger partial charge is 0.420 e. The molecule has 0 aliphatic heterocycles. The van der Waals surface area contributed by atoms with Crippen LogP contribution < -0.4 is 11.1 Å². The Labute approximate surface area is 166 Å². The molecule has 7 nitrogen and oxygen atoms in total. The molecular weight excluding hydrogens is 382 g/mol. The van der Waals surface area contributed by atoms with Gasteiger partial charge in [-0.05, 0) is 37.1 Å². The highest BCUT2D eigenvalue weighted by molar-refractivity contribution is 6.31. The van der Waals surface area contributed by atoms with E-state index in [0.29, 0.717) is 16.1 Å². The second-order valence-electron chi connectivity index (χ2n) is 6.63. The van der Waals surface area contributed by atoms with Gasteiger partial charge in [-0.1, -0.05) is 29.8 Å². The molecule has 0 radical (unpaired) electrons. The van der Waals surface area contributed by atoms with E-state index in [1.54, 1.807) is 12.1 Å². The van der Waals surface area contributed by atoms with Crippen LogP contribution in [0.4, 0.5) is 5.69 Å². The molecule has 2 aromatic carbocycles. The average Bonchev–Trinajstić information content (AvgIpc) is 2.92. The number of carbonyl (C=O) groups excluding carboxylic acids is 2. The van der Waals surface area contributed by atoms with Crippen LogP contribution in [-0.4, -0.2) is 34.9 Å². The topological polar surface area (TPSA) is 84.5 Å². The van der Waals surface area contributed by atoms with Crippen molar-refractivity contribution in [3.05, 3.63) is 63.1 Å². The van der Waals surface area contributed by atoms with Crippen molar-refractivity contribution >= 4 is 40.2 Å². The van der Waals surface area contributed by atoms with Crippen molar-refractivity contribution in [2.75, 3.05) is 18.9 Å². The van der Waals surface area contributed by atoms with Crippen LogP contribution >= 0.6 is 11.6 Å². The minimum absolute atomic E-state index is 0.136. The average molecular weight is 402 g/mol. The summed E-state index contributed by atoms with van der Waals surface area (Å²) in [5.41, 5.74) is 3.40. The van der Waals surface area contributed by atoms with Crippen LogP contribution in [0.1, 0.15) is 11.1 Å². The third-order valence-corrected chi connectivity index (χ3v) is 4.71. The van der Waals surface area contributed by atoms with Gasteiger partial charge in [-0.3, -0.25) is 14.2 Å². The maximum Gasteiger partial charge on any atom is 0.420 e. The second-order valence-corrected chi connectivity index (χ2v) is 7.07. The summed E-state index contributed by atoms with van der Waals surface area (Å²) in [5, 5.41) is 3.27. The maximum atomic E-state index is 12.5. The van der Waals surface area contributed by atoms with Crippen LogP contribution in [0.2, 0.25) is 5.02 Å². The van der Waals surface area contributed by atoms with E-state index in [2.05, 4.69) is 5.32 Å². The first-order valence-corrected chi connectivity index (χ1v) is 9.03. The van der Waals surface area contributed by atoms with Crippen LogP contribution in [0.25, 0.3) is 11.1 Å². The lowest BCUT2D eigenvalue weighted by Crippen LogP contribution is -2.38. The van der Waals surface area contributed by atoms with Gasteiger partial charge in [0.25, 0.3) is 0 Å². The molecule has 1 heterocycles. The monoisotopic (exact) mass is 401 g/mol. The summed E-state index contributed by atoms with van der Waals surface area (Å²) in [6.45, 7) is 3.43. The molecule has 2 amide bonds. The number of aryl methyl sites for hydroxylation is 2. The Morgan fingerprint density at radius 3 is 2.54 bits per heavy atom. The molecule has 0 saturated carbocycles. The normalized spacial score (nSPS) is 10.9. The first-order valence-electron chi connectivity index (χ1n) is 8.65. The van der Waals surface area contributed by atoms with Gasteiger partial charge in [0.2, 0.25) is 11.8 Å². The zero-order chi connectivity index (χ0) is 20.4. The Kier molecular flexibility index (Phi) is 5.56. The maximum absolute atomic E-state index is 12.5. The molecule has 3 rings (SSSR count). The number of amides is 2. The van der Waals surface area contributed by atoms with Gasteiger partial charge in [0, 0.05) is 23.8 Å². The van der Waals surface area contributed by atoms with Gasteiger partial charge in [-0.15, -0.1) is 0 Å². The van der Waals surface area contributed by atoms with E-state index in [-0.39, 0.29) is 19.0 Å². The molecule has 0 unspecified atom stereocenters. The number of fused-ring (bicyclic) bond motifs is 1. The summed E-state index contributed by atoms with van der Waals surface area (Å²) >= 11 is 5.89. The Hall–Kier alpha value is -3.06. The standard InChI is InChI=1S/C20H20ClN3O4/c1-12-5-4-6-13(2)19(12)22-17(25)10-23(3)18(26)11-24-15-8-7-14(21)9-16(15)28-20(24)27/h4-9H,10-11H2,1-3H3,(H,22,25). The number of para-hydroxylation sites is 1. The summed E-state index contributed by atoms with van der Waals surface area (Å²) in [6, 6.07) is 10.5. The van der Waals surface area contributed by atoms with Crippen LogP contribution in [-0.2, 0) is 16.1 Å². The molecule has 146 valence electrons. The third kappa shape index (κ3) is 4.09. The Balaban J connectivity index is 1.69. The zero-order valence-corrected chi connectivity index (χ0v) is 16.5. The Morgan fingerprint density at radius 2 is 1.86 bits per heavy atom. The van der Waals surface area contributed by atoms with E-state index >= 15 is 0 Å². The fourth-order valence-corrected chi connectivity index (χ4v) is 3.10. The quantitative estimate of drug-likeness (QED) is 0.712. The van der Waals surface area contributed by atoms with Gasteiger partial charge in [-0.25, -0.2) is 4.79 Å². The summed E-state index contributed by atoms with van der Waals surface area (Å²) in [7, 11) is 1.51. The van der Waals surface area contributed by atoms with E-state index in [1.807, 2.05) is 32.0 Å². The zero-order valence-electron chi connectivity index (χ0n) is 15.8. The number of anilines is 1.